The molecule has 2 amide bonds. The first-order valence-corrected chi connectivity index (χ1v) is 10.9. The lowest BCUT2D eigenvalue weighted by molar-refractivity contribution is -0.114. The molecule has 0 unspecified atom stereocenters. The van der Waals surface area contributed by atoms with Crippen molar-refractivity contribution in [3.8, 4) is 0 Å². The normalized spacial score (nSPS) is 11.3. The highest BCUT2D eigenvalue weighted by Gasteiger charge is 2.28. The fourth-order valence-electron chi connectivity index (χ4n) is 3.10. The minimum atomic E-state index is -0.0729. The van der Waals surface area contributed by atoms with E-state index >= 15 is 0 Å². The van der Waals surface area contributed by atoms with Crippen LogP contribution in [0.3, 0.4) is 0 Å². The van der Waals surface area contributed by atoms with Crippen LogP contribution in [-0.4, -0.2) is 22.5 Å². The van der Waals surface area contributed by atoms with E-state index in [0.717, 1.165) is 11.4 Å². The zero-order valence-corrected chi connectivity index (χ0v) is 18.9. The van der Waals surface area contributed by atoms with Crippen molar-refractivity contribution in [3.05, 3.63) is 59.7 Å². The summed E-state index contributed by atoms with van der Waals surface area (Å²) in [4.78, 5) is 23.0. The monoisotopic (exact) mass is 494 g/mol. The van der Waals surface area contributed by atoms with E-state index in [0.29, 0.717) is 0 Å². The van der Waals surface area contributed by atoms with Gasteiger partial charge in [-0.3, -0.25) is 9.59 Å². The molecular weight excluding hydrogens is 472 g/mol. The lowest BCUT2D eigenvalue weighted by Crippen LogP contribution is -2.20. The van der Waals surface area contributed by atoms with E-state index in [4.69, 9.17) is 0 Å². The first-order chi connectivity index (χ1) is 12.7. The molecule has 0 atom stereocenters. The van der Waals surface area contributed by atoms with Gasteiger partial charge in [0.25, 0.3) is 0 Å². The molecule has 0 aliphatic carbocycles. The van der Waals surface area contributed by atoms with E-state index in [1.165, 1.54) is 11.1 Å². The number of halogens is 2. The Morgan fingerprint density at radius 1 is 0.778 bits per heavy atom. The summed E-state index contributed by atoms with van der Waals surface area (Å²) in [5.41, 5.74) is 3.92. The van der Waals surface area contributed by atoms with E-state index in [-0.39, 0.29) is 33.8 Å². The molecule has 0 saturated heterocycles. The van der Waals surface area contributed by atoms with Gasteiger partial charge in [0.1, 0.15) is 0 Å². The fraction of sp³-hybridized carbons (Fsp3) is 0.333. The fourth-order valence-corrected chi connectivity index (χ4v) is 3.38. The van der Waals surface area contributed by atoms with E-state index in [2.05, 4.69) is 87.5 Å². The van der Waals surface area contributed by atoms with E-state index in [9.17, 15) is 9.59 Å². The van der Waals surface area contributed by atoms with Crippen molar-refractivity contribution >= 4 is 55.0 Å². The van der Waals surface area contributed by atoms with Crippen LogP contribution in [0.4, 0.5) is 11.4 Å². The molecule has 144 valence electrons. The van der Waals surface area contributed by atoms with Gasteiger partial charge in [-0.15, -0.1) is 0 Å². The summed E-state index contributed by atoms with van der Waals surface area (Å²) in [6.45, 7) is 6.62. The van der Waals surface area contributed by atoms with Crippen LogP contribution in [0.15, 0.2) is 48.5 Å². The maximum atomic E-state index is 11.5. The molecule has 0 saturated carbocycles. The third-order valence-corrected chi connectivity index (χ3v) is 5.18. The summed E-state index contributed by atoms with van der Waals surface area (Å²) < 4.78 is 0. The van der Waals surface area contributed by atoms with Crippen LogP contribution >= 0.6 is 31.9 Å². The molecule has 2 aromatic carbocycles. The molecular formula is C21H24Br2N2O2. The third kappa shape index (κ3) is 6.18. The van der Waals surface area contributed by atoms with Gasteiger partial charge in [0, 0.05) is 17.3 Å². The SMILES string of the molecule is CC(C)(C)C(c1ccc(NC(=O)CBr)cc1)c1ccc(NC(=O)CBr)cc1. The molecule has 2 rings (SSSR count). The number of benzene rings is 2. The average molecular weight is 496 g/mol. The van der Waals surface area contributed by atoms with Crippen molar-refractivity contribution in [2.24, 2.45) is 5.41 Å². The molecule has 0 radical (unpaired) electrons. The molecule has 0 fully saturated rings. The number of nitrogens with one attached hydrogen (secondary N) is 2. The lowest BCUT2D eigenvalue weighted by atomic mass is 9.72. The minimum Gasteiger partial charge on any atom is -0.325 e. The largest absolute Gasteiger partial charge is 0.325 e. The molecule has 0 aliphatic rings. The summed E-state index contributed by atoms with van der Waals surface area (Å²) in [6.07, 6.45) is 0. The highest BCUT2D eigenvalue weighted by Crippen LogP contribution is 2.41. The van der Waals surface area contributed by atoms with Gasteiger partial charge in [0.15, 0.2) is 0 Å². The summed E-state index contributed by atoms with van der Waals surface area (Å²) in [5, 5.41) is 6.23. The summed E-state index contributed by atoms with van der Waals surface area (Å²) in [6, 6.07) is 15.9. The zero-order valence-electron chi connectivity index (χ0n) is 15.7. The van der Waals surface area contributed by atoms with Crippen LogP contribution in [0.1, 0.15) is 37.8 Å². The Bertz CT molecular complexity index is 720. The van der Waals surface area contributed by atoms with Gasteiger partial charge < -0.3 is 10.6 Å². The molecule has 4 nitrogen and oxygen atoms in total. The quantitative estimate of drug-likeness (QED) is 0.517. The van der Waals surface area contributed by atoms with Crippen LogP contribution in [-0.2, 0) is 9.59 Å². The van der Waals surface area contributed by atoms with Gasteiger partial charge in [0.2, 0.25) is 11.8 Å². The zero-order chi connectivity index (χ0) is 20.0. The van der Waals surface area contributed by atoms with Crippen LogP contribution in [0, 0.1) is 5.41 Å². The Hall–Kier alpha value is -1.66. The number of amides is 2. The minimum absolute atomic E-state index is 0.00124. The summed E-state index contributed by atoms with van der Waals surface area (Å²) >= 11 is 6.30. The molecule has 2 N–H and O–H groups in total. The van der Waals surface area contributed by atoms with Crippen LogP contribution in [0.2, 0.25) is 0 Å². The van der Waals surface area contributed by atoms with Gasteiger partial charge in [-0.1, -0.05) is 76.9 Å². The molecule has 0 aliphatic heterocycles. The molecule has 0 bridgehead atoms. The van der Waals surface area contributed by atoms with Crippen molar-refractivity contribution in [1.29, 1.82) is 0 Å². The molecule has 2 aromatic rings. The Balaban J connectivity index is 2.28. The standard InChI is InChI=1S/C21H24Br2N2O2/c1-21(2,3)20(14-4-8-16(9-5-14)24-18(26)12-22)15-6-10-17(11-7-15)25-19(27)13-23/h4-11,20H,12-13H2,1-3H3,(H,24,26)(H,25,27). The highest BCUT2D eigenvalue weighted by atomic mass is 79.9. The average Bonchev–Trinajstić information content (AvgIpc) is 2.63. The van der Waals surface area contributed by atoms with E-state index in [1.54, 1.807) is 0 Å². The molecule has 0 heterocycles. The van der Waals surface area contributed by atoms with Gasteiger partial charge >= 0.3 is 0 Å². The van der Waals surface area contributed by atoms with Gasteiger partial charge in [-0.05, 0) is 40.8 Å². The second-order valence-electron chi connectivity index (χ2n) is 7.41. The molecule has 0 spiro atoms. The first kappa shape index (κ1) is 21.6. The topological polar surface area (TPSA) is 58.2 Å². The Kier molecular flexibility index (Phi) is 7.62. The van der Waals surface area contributed by atoms with Gasteiger partial charge in [-0.2, -0.15) is 0 Å². The summed E-state index contributed by atoms with van der Waals surface area (Å²) in [7, 11) is 0. The predicted octanol–water partition coefficient (Wildman–Crippen LogP) is 5.53. The second-order valence-corrected chi connectivity index (χ2v) is 8.53. The van der Waals surface area contributed by atoms with Gasteiger partial charge in [-0.25, -0.2) is 0 Å². The Labute approximate surface area is 177 Å². The van der Waals surface area contributed by atoms with E-state index < -0.39 is 0 Å². The number of carbonyl (C=O) groups excluding carboxylic acids is 2. The van der Waals surface area contributed by atoms with Crippen LogP contribution in [0.5, 0.6) is 0 Å². The predicted molar refractivity (Wildman–Crippen MR) is 119 cm³/mol. The number of hydrogen-bond acceptors (Lipinski definition) is 2. The number of hydrogen-bond donors (Lipinski definition) is 2. The summed E-state index contributed by atoms with van der Waals surface area (Å²) in [5.74, 6) is 0.0341. The Morgan fingerprint density at radius 3 is 1.37 bits per heavy atom. The second kappa shape index (κ2) is 9.51. The highest BCUT2D eigenvalue weighted by molar-refractivity contribution is 9.09. The Morgan fingerprint density at radius 2 is 1.11 bits per heavy atom. The van der Waals surface area contributed by atoms with Crippen molar-refractivity contribution < 1.29 is 9.59 Å². The number of rotatable bonds is 6. The first-order valence-electron chi connectivity index (χ1n) is 8.66. The lowest BCUT2D eigenvalue weighted by Gasteiger charge is -2.32. The number of anilines is 2. The molecule has 0 aromatic heterocycles. The van der Waals surface area contributed by atoms with Gasteiger partial charge in [0.05, 0.1) is 10.7 Å². The maximum Gasteiger partial charge on any atom is 0.235 e. The van der Waals surface area contributed by atoms with Crippen molar-refractivity contribution in [1.82, 2.24) is 0 Å². The van der Waals surface area contributed by atoms with Crippen molar-refractivity contribution in [2.45, 2.75) is 26.7 Å². The van der Waals surface area contributed by atoms with Crippen molar-refractivity contribution in [3.63, 3.8) is 0 Å². The third-order valence-electron chi connectivity index (χ3n) is 4.16. The number of carbonyl (C=O) groups is 2. The smallest absolute Gasteiger partial charge is 0.235 e. The van der Waals surface area contributed by atoms with Crippen LogP contribution in [0.25, 0.3) is 0 Å². The van der Waals surface area contributed by atoms with E-state index in [1.807, 2.05) is 24.3 Å². The maximum absolute atomic E-state index is 11.5. The molecule has 6 heteroatoms. The van der Waals surface area contributed by atoms with Crippen LogP contribution < -0.4 is 10.6 Å². The number of alkyl halides is 2. The van der Waals surface area contributed by atoms with Crippen molar-refractivity contribution in [2.75, 3.05) is 21.3 Å². The molecule has 27 heavy (non-hydrogen) atoms.